The molecule has 0 aliphatic heterocycles. The topological polar surface area (TPSA) is 46.2 Å². The molecular weight excluding hydrogens is 222 g/mol. The lowest BCUT2D eigenvalue weighted by atomic mass is 9.96. The number of phenols is 1. The first-order valence-corrected chi connectivity index (χ1v) is 6.36. The molecule has 0 radical (unpaired) electrons. The maximum Gasteiger partial charge on any atom is 0.115 e. The zero-order valence-corrected chi connectivity index (χ0v) is 10.7. The smallest absolute Gasteiger partial charge is 0.115 e. The van der Waals surface area contributed by atoms with Crippen LogP contribution in [-0.4, -0.2) is 5.11 Å². The Kier molecular flexibility index (Phi) is 4.00. The second-order valence-corrected chi connectivity index (χ2v) is 4.49. The van der Waals surface area contributed by atoms with Crippen molar-refractivity contribution in [1.29, 1.82) is 0 Å². The molecule has 2 heteroatoms. The molecule has 94 valence electrons. The Bertz CT molecular complexity index is 517. The molecule has 0 aliphatic carbocycles. The first-order chi connectivity index (χ1) is 8.74. The fourth-order valence-corrected chi connectivity index (χ4v) is 2.18. The van der Waals surface area contributed by atoms with Crippen LogP contribution in [0, 0.1) is 0 Å². The van der Waals surface area contributed by atoms with Crippen molar-refractivity contribution in [3.63, 3.8) is 0 Å². The minimum absolute atomic E-state index is 0.288. The Labute approximate surface area is 108 Å². The van der Waals surface area contributed by atoms with Crippen molar-refractivity contribution in [1.82, 2.24) is 0 Å². The van der Waals surface area contributed by atoms with Crippen molar-refractivity contribution in [3.8, 4) is 16.9 Å². The van der Waals surface area contributed by atoms with E-state index in [4.69, 9.17) is 5.73 Å². The number of benzene rings is 2. The van der Waals surface area contributed by atoms with E-state index in [2.05, 4.69) is 25.1 Å². The molecule has 0 atom stereocenters. The third kappa shape index (κ3) is 2.71. The highest BCUT2D eigenvalue weighted by Crippen LogP contribution is 2.26. The second kappa shape index (κ2) is 5.69. The van der Waals surface area contributed by atoms with Crippen molar-refractivity contribution in [2.24, 2.45) is 5.73 Å². The van der Waals surface area contributed by atoms with Gasteiger partial charge in [-0.3, -0.25) is 0 Å². The molecule has 2 rings (SSSR count). The van der Waals surface area contributed by atoms with E-state index in [-0.39, 0.29) is 5.75 Å². The number of hydrogen-bond acceptors (Lipinski definition) is 2. The Morgan fingerprint density at radius 1 is 1.06 bits per heavy atom. The van der Waals surface area contributed by atoms with Crippen LogP contribution in [0.3, 0.4) is 0 Å². The van der Waals surface area contributed by atoms with Crippen LogP contribution >= 0.6 is 0 Å². The number of aryl methyl sites for hydroxylation is 1. The lowest BCUT2D eigenvalue weighted by Gasteiger charge is -2.10. The largest absolute Gasteiger partial charge is 0.508 e. The SMILES string of the molecule is CCCc1ccc(-c2ccc(O)cc2)c(CN)c1. The molecular formula is C16H19NO. The van der Waals surface area contributed by atoms with Crippen molar-refractivity contribution in [2.45, 2.75) is 26.3 Å². The highest BCUT2D eigenvalue weighted by molar-refractivity contribution is 5.68. The van der Waals surface area contributed by atoms with E-state index in [1.165, 1.54) is 5.56 Å². The van der Waals surface area contributed by atoms with Crippen molar-refractivity contribution >= 4 is 0 Å². The number of hydrogen-bond donors (Lipinski definition) is 2. The van der Waals surface area contributed by atoms with Gasteiger partial charge in [0.1, 0.15) is 5.75 Å². The quantitative estimate of drug-likeness (QED) is 0.861. The summed E-state index contributed by atoms with van der Waals surface area (Å²) in [6, 6.07) is 13.7. The summed E-state index contributed by atoms with van der Waals surface area (Å²) >= 11 is 0. The average Bonchev–Trinajstić information content (AvgIpc) is 2.40. The van der Waals surface area contributed by atoms with Gasteiger partial charge in [-0.2, -0.15) is 0 Å². The Hall–Kier alpha value is -1.80. The van der Waals surface area contributed by atoms with E-state index in [0.717, 1.165) is 29.5 Å². The summed E-state index contributed by atoms with van der Waals surface area (Å²) < 4.78 is 0. The monoisotopic (exact) mass is 241 g/mol. The lowest BCUT2D eigenvalue weighted by molar-refractivity contribution is 0.475. The average molecular weight is 241 g/mol. The van der Waals surface area contributed by atoms with Crippen molar-refractivity contribution in [3.05, 3.63) is 53.6 Å². The van der Waals surface area contributed by atoms with Crippen LogP contribution in [0.4, 0.5) is 0 Å². The minimum atomic E-state index is 0.288. The van der Waals surface area contributed by atoms with Crippen LogP contribution < -0.4 is 5.73 Å². The van der Waals surface area contributed by atoms with Gasteiger partial charge in [-0.15, -0.1) is 0 Å². The first-order valence-electron chi connectivity index (χ1n) is 6.36. The van der Waals surface area contributed by atoms with Gasteiger partial charge < -0.3 is 10.8 Å². The molecule has 0 fully saturated rings. The molecule has 0 spiro atoms. The van der Waals surface area contributed by atoms with Gasteiger partial charge in [0.2, 0.25) is 0 Å². The van der Waals surface area contributed by atoms with Crippen LogP contribution in [-0.2, 0) is 13.0 Å². The summed E-state index contributed by atoms with van der Waals surface area (Å²) in [5.41, 5.74) is 10.6. The zero-order chi connectivity index (χ0) is 13.0. The van der Waals surface area contributed by atoms with Gasteiger partial charge >= 0.3 is 0 Å². The molecule has 18 heavy (non-hydrogen) atoms. The summed E-state index contributed by atoms with van der Waals surface area (Å²) in [5, 5.41) is 9.32. The van der Waals surface area contributed by atoms with Gasteiger partial charge in [0, 0.05) is 6.54 Å². The van der Waals surface area contributed by atoms with Crippen LogP contribution in [0.5, 0.6) is 5.75 Å². The highest BCUT2D eigenvalue weighted by atomic mass is 16.3. The first kappa shape index (κ1) is 12.7. The Morgan fingerprint density at radius 3 is 2.39 bits per heavy atom. The standard InChI is InChI=1S/C16H19NO/c1-2-3-12-4-9-16(14(10-12)11-17)13-5-7-15(18)8-6-13/h4-10,18H,2-3,11,17H2,1H3. The van der Waals surface area contributed by atoms with Crippen LogP contribution in [0.25, 0.3) is 11.1 Å². The number of rotatable bonds is 4. The molecule has 0 amide bonds. The second-order valence-electron chi connectivity index (χ2n) is 4.49. The van der Waals surface area contributed by atoms with Gasteiger partial charge in [-0.05, 0) is 40.8 Å². The summed E-state index contributed by atoms with van der Waals surface area (Å²) in [4.78, 5) is 0. The number of nitrogens with two attached hydrogens (primary N) is 1. The summed E-state index contributed by atoms with van der Waals surface area (Å²) in [6.07, 6.45) is 2.23. The maximum atomic E-state index is 9.32. The molecule has 2 aromatic carbocycles. The molecule has 0 saturated heterocycles. The zero-order valence-electron chi connectivity index (χ0n) is 10.7. The van der Waals surface area contributed by atoms with E-state index in [0.29, 0.717) is 6.54 Å². The van der Waals surface area contributed by atoms with Gasteiger partial charge in [-0.1, -0.05) is 43.7 Å². The van der Waals surface area contributed by atoms with Gasteiger partial charge in [0.25, 0.3) is 0 Å². The molecule has 2 aromatic rings. The van der Waals surface area contributed by atoms with Crippen LogP contribution in [0.2, 0.25) is 0 Å². The molecule has 0 bridgehead atoms. The fourth-order valence-electron chi connectivity index (χ4n) is 2.18. The lowest BCUT2D eigenvalue weighted by Crippen LogP contribution is -2.00. The number of phenolic OH excluding ortho intramolecular Hbond substituents is 1. The van der Waals surface area contributed by atoms with Crippen molar-refractivity contribution in [2.75, 3.05) is 0 Å². The highest BCUT2D eigenvalue weighted by Gasteiger charge is 2.05. The maximum absolute atomic E-state index is 9.32. The number of aromatic hydroxyl groups is 1. The van der Waals surface area contributed by atoms with Crippen LogP contribution in [0.1, 0.15) is 24.5 Å². The van der Waals surface area contributed by atoms with E-state index in [1.807, 2.05) is 12.1 Å². The molecule has 0 heterocycles. The molecule has 0 aliphatic rings. The van der Waals surface area contributed by atoms with E-state index >= 15 is 0 Å². The normalized spacial score (nSPS) is 10.6. The molecule has 0 aromatic heterocycles. The predicted molar refractivity (Wildman–Crippen MR) is 75.4 cm³/mol. The van der Waals surface area contributed by atoms with E-state index in [9.17, 15) is 5.11 Å². The summed E-state index contributed by atoms with van der Waals surface area (Å²) in [7, 11) is 0. The van der Waals surface area contributed by atoms with E-state index < -0.39 is 0 Å². The third-order valence-electron chi connectivity index (χ3n) is 3.11. The van der Waals surface area contributed by atoms with Crippen molar-refractivity contribution < 1.29 is 5.11 Å². The third-order valence-corrected chi connectivity index (χ3v) is 3.11. The molecule has 2 nitrogen and oxygen atoms in total. The molecule has 0 unspecified atom stereocenters. The van der Waals surface area contributed by atoms with E-state index in [1.54, 1.807) is 12.1 Å². The summed E-state index contributed by atoms with van der Waals surface area (Å²) in [5.74, 6) is 0.288. The molecule has 3 N–H and O–H groups in total. The predicted octanol–water partition coefficient (Wildman–Crippen LogP) is 3.47. The summed E-state index contributed by atoms with van der Waals surface area (Å²) in [6.45, 7) is 2.71. The Morgan fingerprint density at radius 2 is 1.78 bits per heavy atom. The van der Waals surface area contributed by atoms with Crippen LogP contribution in [0.15, 0.2) is 42.5 Å². The minimum Gasteiger partial charge on any atom is -0.508 e. The van der Waals surface area contributed by atoms with Gasteiger partial charge in [-0.25, -0.2) is 0 Å². The fraction of sp³-hybridized carbons (Fsp3) is 0.250. The molecule has 0 saturated carbocycles. The van der Waals surface area contributed by atoms with Gasteiger partial charge in [0.05, 0.1) is 0 Å². The Balaban J connectivity index is 2.40. The van der Waals surface area contributed by atoms with Gasteiger partial charge in [0.15, 0.2) is 0 Å².